The second-order valence-electron chi connectivity index (χ2n) is 3.33. The fourth-order valence-electron chi connectivity index (χ4n) is 1.38. The number of hydrogen-bond donors (Lipinski definition) is 1. The number of aromatic amines is 1. The van der Waals surface area contributed by atoms with Crippen molar-refractivity contribution in [3.05, 3.63) is 67.4 Å². The topological polar surface area (TPSA) is 54.9 Å². The minimum atomic E-state index is -0.400. The Morgan fingerprint density at radius 1 is 1.19 bits per heavy atom. The van der Waals surface area contributed by atoms with Gasteiger partial charge in [-0.2, -0.15) is 0 Å². The van der Waals surface area contributed by atoms with Crippen molar-refractivity contribution >= 4 is 15.9 Å². The molecule has 0 amide bonds. The second kappa shape index (κ2) is 4.49. The van der Waals surface area contributed by atoms with Crippen LogP contribution < -0.4 is 11.2 Å². The van der Waals surface area contributed by atoms with Crippen LogP contribution in [0.25, 0.3) is 0 Å². The van der Waals surface area contributed by atoms with Gasteiger partial charge in [0.05, 0.1) is 6.54 Å². The molecule has 1 aromatic heterocycles. The monoisotopic (exact) mass is 280 g/mol. The first-order valence-corrected chi connectivity index (χ1v) is 5.49. The van der Waals surface area contributed by atoms with Crippen LogP contribution >= 0.6 is 15.9 Å². The van der Waals surface area contributed by atoms with Gasteiger partial charge in [0, 0.05) is 16.7 Å². The van der Waals surface area contributed by atoms with Crippen LogP contribution in [0.1, 0.15) is 5.56 Å². The number of halogens is 1. The molecule has 0 saturated heterocycles. The highest BCUT2D eigenvalue weighted by atomic mass is 79.9. The first-order valence-electron chi connectivity index (χ1n) is 4.70. The van der Waals surface area contributed by atoms with Gasteiger partial charge in [0.2, 0.25) is 0 Å². The predicted octanol–water partition coefficient (Wildman–Crippen LogP) is 1.35. The SMILES string of the molecule is O=c1ccn(Cc2ccccc2Br)c(=O)[nH]1. The molecule has 82 valence electrons. The standard InChI is InChI=1S/C11H9BrN2O2/c12-9-4-2-1-3-8(9)7-14-6-5-10(15)13-11(14)16/h1-6H,7H2,(H,13,15,16). The minimum absolute atomic E-state index is 0.381. The van der Waals surface area contributed by atoms with Crippen molar-refractivity contribution in [2.24, 2.45) is 0 Å². The van der Waals surface area contributed by atoms with Crippen LogP contribution in [0, 0.1) is 0 Å². The Balaban J connectivity index is 2.38. The molecule has 0 unspecified atom stereocenters. The minimum Gasteiger partial charge on any atom is -0.296 e. The van der Waals surface area contributed by atoms with Crippen molar-refractivity contribution in [2.75, 3.05) is 0 Å². The third kappa shape index (κ3) is 2.30. The van der Waals surface area contributed by atoms with E-state index in [9.17, 15) is 9.59 Å². The van der Waals surface area contributed by atoms with Crippen LogP contribution in [0.15, 0.2) is 50.6 Å². The summed E-state index contributed by atoms with van der Waals surface area (Å²) in [6, 6.07) is 8.96. The van der Waals surface area contributed by atoms with Crippen molar-refractivity contribution in [1.82, 2.24) is 9.55 Å². The molecule has 0 bridgehead atoms. The van der Waals surface area contributed by atoms with E-state index in [4.69, 9.17) is 0 Å². The molecule has 0 aliphatic rings. The Hall–Kier alpha value is -1.62. The first kappa shape index (κ1) is 10.9. The van der Waals surface area contributed by atoms with Crippen molar-refractivity contribution < 1.29 is 0 Å². The van der Waals surface area contributed by atoms with E-state index < -0.39 is 5.69 Å². The molecule has 4 nitrogen and oxygen atoms in total. The van der Waals surface area contributed by atoms with Gasteiger partial charge in [-0.3, -0.25) is 14.3 Å². The summed E-state index contributed by atoms with van der Waals surface area (Å²) < 4.78 is 2.38. The van der Waals surface area contributed by atoms with Crippen molar-refractivity contribution in [2.45, 2.75) is 6.54 Å². The summed E-state index contributed by atoms with van der Waals surface area (Å²) in [4.78, 5) is 24.5. The van der Waals surface area contributed by atoms with Gasteiger partial charge in [0.15, 0.2) is 0 Å². The summed E-state index contributed by atoms with van der Waals surface area (Å²) in [6.45, 7) is 0.428. The van der Waals surface area contributed by atoms with Gasteiger partial charge in [-0.15, -0.1) is 0 Å². The lowest BCUT2D eigenvalue weighted by Gasteiger charge is -2.06. The Morgan fingerprint density at radius 2 is 1.94 bits per heavy atom. The fourth-order valence-corrected chi connectivity index (χ4v) is 1.79. The number of nitrogens with one attached hydrogen (secondary N) is 1. The van der Waals surface area contributed by atoms with E-state index in [0.717, 1.165) is 10.0 Å². The van der Waals surface area contributed by atoms with Crippen LogP contribution in [0.5, 0.6) is 0 Å². The lowest BCUT2D eigenvalue weighted by molar-refractivity contribution is 0.718. The van der Waals surface area contributed by atoms with Crippen LogP contribution in [0.4, 0.5) is 0 Å². The molecule has 0 radical (unpaired) electrons. The zero-order chi connectivity index (χ0) is 11.5. The quantitative estimate of drug-likeness (QED) is 0.903. The van der Waals surface area contributed by atoms with Crippen LogP contribution in [0.3, 0.4) is 0 Å². The molecule has 0 atom stereocenters. The lowest BCUT2D eigenvalue weighted by Crippen LogP contribution is -2.28. The average molecular weight is 281 g/mol. The zero-order valence-electron chi connectivity index (χ0n) is 8.31. The number of aromatic nitrogens is 2. The molecule has 0 aliphatic carbocycles. The summed E-state index contributed by atoms with van der Waals surface area (Å²) in [6.07, 6.45) is 1.49. The van der Waals surface area contributed by atoms with Crippen LogP contribution in [-0.4, -0.2) is 9.55 Å². The van der Waals surface area contributed by atoms with E-state index in [1.54, 1.807) is 0 Å². The van der Waals surface area contributed by atoms with Gasteiger partial charge in [-0.25, -0.2) is 4.79 Å². The number of benzene rings is 1. The van der Waals surface area contributed by atoms with Gasteiger partial charge in [-0.1, -0.05) is 34.1 Å². The molecule has 16 heavy (non-hydrogen) atoms. The molecule has 1 aromatic carbocycles. The highest BCUT2D eigenvalue weighted by Crippen LogP contribution is 2.15. The molecular weight excluding hydrogens is 272 g/mol. The van der Waals surface area contributed by atoms with Gasteiger partial charge >= 0.3 is 5.69 Å². The van der Waals surface area contributed by atoms with Gasteiger partial charge < -0.3 is 0 Å². The fraction of sp³-hybridized carbons (Fsp3) is 0.0909. The Labute approximate surface area is 99.7 Å². The number of rotatable bonds is 2. The maximum atomic E-state index is 11.4. The number of H-pyrrole nitrogens is 1. The first-order chi connectivity index (χ1) is 7.66. The van der Waals surface area contributed by atoms with Crippen LogP contribution in [0.2, 0.25) is 0 Å². The van der Waals surface area contributed by atoms with Crippen LogP contribution in [-0.2, 0) is 6.54 Å². The van der Waals surface area contributed by atoms with Crippen molar-refractivity contribution in [1.29, 1.82) is 0 Å². The summed E-state index contributed by atoms with van der Waals surface area (Å²) in [5.41, 5.74) is 0.202. The summed E-state index contributed by atoms with van der Waals surface area (Å²) in [5.74, 6) is 0. The molecule has 1 heterocycles. The molecular formula is C11H9BrN2O2. The summed E-state index contributed by atoms with van der Waals surface area (Å²) in [7, 11) is 0. The van der Waals surface area contributed by atoms with Crippen molar-refractivity contribution in [3.63, 3.8) is 0 Å². The highest BCUT2D eigenvalue weighted by molar-refractivity contribution is 9.10. The highest BCUT2D eigenvalue weighted by Gasteiger charge is 2.01. The Morgan fingerprint density at radius 3 is 2.62 bits per heavy atom. The van der Waals surface area contributed by atoms with Gasteiger partial charge in [-0.05, 0) is 11.6 Å². The van der Waals surface area contributed by atoms with E-state index in [-0.39, 0.29) is 5.56 Å². The Kier molecular flexibility index (Phi) is 3.05. The molecule has 1 N–H and O–H groups in total. The molecule has 0 spiro atoms. The third-order valence-electron chi connectivity index (χ3n) is 2.20. The number of hydrogen-bond acceptors (Lipinski definition) is 2. The second-order valence-corrected chi connectivity index (χ2v) is 4.18. The average Bonchev–Trinajstić information content (AvgIpc) is 2.25. The molecule has 2 rings (SSSR count). The molecule has 0 aliphatic heterocycles. The zero-order valence-corrected chi connectivity index (χ0v) is 9.90. The van der Waals surface area contributed by atoms with E-state index in [2.05, 4.69) is 20.9 Å². The van der Waals surface area contributed by atoms with E-state index in [1.807, 2.05) is 24.3 Å². The maximum Gasteiger partial charge on any atom is 0.328 e. The molecule has 0 fully saturated rings. The number of nitrogens with zero attached hydrogens (tertiary/aromatic N) is 1. The van der Waals surface area contributed by atoms with Crippen molar-refractivity contribution in [3.8, 4) is 0 Å². The molecule has 2 aromatic rings. The third-order valence-corrected chi connectivity index (χ3v) is 2.97. The van der Waals surface area contributed by atoms with Gasteiger partial charge in [0.25, 0.3) is 5.56 Å². The molecule has 0 saturated carbocycles. The normalized spacial score (nSPS) is 10.3. The maximum absolute atomic E-state index is 11.4. The predicted molar refractivity (Wildman–Crippen MR) is 64.6 cm³/mol. The molecule has 5 heteroatoms. The largest absolute Gasteiger partial charge is 0.328 e. The summed E-state index contributed by atoms with van der Waals surface area (Å²) >= 11 is 3.41. The van der Waals surface area contributed by atoms with Gasteiger partial charge in [0.1, 0.15) is 0 Å². The summed E-state index contributed by atoms with van der Waals surface area (Å²) in [5, 5.41) is 0. The smallest absolute Gasteiger partial charge is 0.296 e. The lowest BCUT2D eigenvalue weighted by atomic mass is 10.2. The Bertz CT molecular complexity index is 616. The van der Waals surface area contributed by atoms with E-state index in [0.29, 0.717) is 6.54 Å². The van der Waals surface area contributed by atoms with E-state index in [1.165, 1.54) is 16.8 Å². The van der Waals surface area contributed by atoms with E-state index >= 15 is 0 Å².